The van der Waals surface area contributed by atoms with Crippen LogP contribution < -0.4 is 5.46 Å². The summed E-state index contributed by atoms with van der Waals surface area (Å²) < 4.78 is 0.650. The molecule has 10 heavy (non-hydrogen) atoms. The van der Waals surface area contributed by atoms with Gasteiger partial charge in [-0.2, -0.15) is 0 Å². The molecule has 0 saturated carbocycles. The second-order valence-electron chi connectivity index (χ2n) is 1.77. The van der Waals surface area contributed by atoms with Crippen molar-refractivity contribution in [2.75, 3.05) is 0 Å². The monoisotopic (exact) mass is 201 g/mol. The van der Waals surface area contributed by atoms with Crippen molar-refractivity contribution in [2.45, 2.75) is 0 Å². The van der Waals surface area contributed by atoms with Crippen LogP contribution in [-0.2, 0) is 0 Å². The van der Waals surface area contributed by atoms with Crippen LogP contribution in [0.5, 0.6) is 0 Å². The highest BCUT2D eigenvalue weighted by Crippen LogP contribution is 2.03. The van der Waals surface area contributed by atoms with Crippen molar-refractivity contribution in [3.8, 4) is 0 Å². The van der Waals surface area contributed by atoms with E-state index in [1.54, 1.807) is 12.3 Å². The first-order valence-corrected chi connectivity index (χ1v) is 3.46. The van der Waals surface area contributed by atoms with Crippen LogP contribution >= 0.6 is 15.9 Å². The van der Waals surface area contributed by atoms with Crippen LogP contribution in [0.1, 0.15) is 0 Å². The third-order valence-corrected chi connectivity index (χ3v) is 1.80. The molecule has 0 radical (unpaired) electrons. The van der Waals surface area contributed by atoms with Gasteiger partial charge in [-0.25, -0.2) is 0 Å². The number of pyridine rings is 1. The molecule has 0 fully saturated rings. The molecule has 0 atom stereocenters. The lowest BCUT2D eigenvalue weighted by Gasteiger charge is -1.98. The fraction of sp³-hybridized carbons (Fsp3) is 0. The smallest absolute Gasteiger partial charge is 0.423 e. The van der Waals surface area contributed by atoms with Crippen LogP contribution in [-0.4, -0.2) is 22.2 Å². The van der Waals surface area contributed by atoms with Crippen LogP contribution in [0, 0.1) is 0 Å². The van der Waals surface area contributed by atoms with E-state index in [0.717, 1.165) is 0 Å². The standard InChI is InChI=1S/C5H5BBrNO2/c7-5-1-2-8-3-4(5)6(9)10/h1-3,9-10H. The maximum Gasteiger partial charge on any atom is 0.491 e. The Balaban J connectivity index is 3.03. The number of hydrogen-bond donors (Lipinski definition) is 2. The summed E-state index contributed by atoms with van der Waals surface area (Å²) in [6, 6.07) is 1.65. The minimum Gasteiger partial charge on any atom is -0.423 e. The molecule has 1 aromatic heterocycles. The molecule has 0 amide bonds. The minimum absolute atomic E-state index is 0.377. The van der Waals surface area contributed by atoms with Crippen molar-refractivity contribution < 1.29 is 10.0 Å². The third-order valence-electron chi connectivity index (χ3n) is 1.07. The first-order chi connectivity index (χ1) is 4.72. The first kappa shape index (κ1) is 7.72. The van der Waals surface area contributed by atoms with E-state index < -0.39 is 7.12 Å². The summed E-state index contributed by atoms with van der Waals surface area (Å²) in [4.78, 5) is 3.72. The average Bonchev–Trinajstić information content (AvgIpc) is 1.88. The molecule has 0 spiro atoms. The van der Waals surface area contributed by atoms with Gasteiger partial charge in [0, 0.05) is 22.3 Å². The Kier molecular flexibility index (Phi) is 2.42. The molecule has 2 N–H and O–H groups in total. The molecule has 0 aliphatic heterocycles. The predicted molar refractivity (Wildman–Crippen MR) is 41.8 cm³/mol. The van der Waals surface area contributed by atoms with Crippen LogP contribution in [0.2, 0.25) is 0 Å². The molecule has 5 heteroatoms. The van der Waals surface area contributed by atoms with Gasteiger partial charge in [-0.1, -0.05) is 15.9 Å². The van der Waals surface area contributed by atoms with Gasteiger partial charge < -0.3 is 10.0 Å². The Morgan fingerprint density at radius 2 is 2.20 bits per heavy atom. The zero-order valence-electron chi connectivity index (χ0n) is 5.03. The molecule has 0 bridgehead atoms. The lowest BCUT2D eigenvalue weighted by molar-refractivity contribution is 0.425. The van der Waals surface area contributed by atoms with Gasteiger partial charge in [-0.15, -0.1) is 0 Å². The van der Waals surface area contributed by atoms with E-state index >= 15 is 0 Å². The highest BCUT2D eigenvalue weighted by molar-refractivity contribution is 9.10. The number of aromatic nitrogens is 1. The Labute approximate surface area is 67.0 Å². The lowest BCUT2D eigenvalue weighted by Crippen LogP contribution is -2.31. The molecule has 52 valence electrons. The fourth-order valence-corrected chi connectivity index (χ4v) is 1.01. The maximum absolute atomic E-state index is 8.69. The molecule has 0 saturated heterocycles. The van der Waals surface area contributed by atoms with E-state index in [4.69, 9.17) is 10.0 Å². The Bertz CT molecular complexity index is 231. The molecular weight excluding hydrogens is 197 g/mol. The average molecular weight is 202 g/mol. The molecule has 0 aromatic carbocycles. The summed E-state index contributed by atoms with van der Waals surface area (Å²) in [5.41, 5.74) is 0.377. The summed E-state index contributed by atoms with van der Waals surface area (Å²) in [7, 11) is -1.46. The lowest BCUT2D eigenvalue weighted by atomic mass is 9.82. The highest BCUT2D eigenvalue weighted by atomic mass is 79.9. The van der Waals surface area contributed by atoms with Crippen molar-refractivity contribution in [3.63, 3.8) is 0 Å². The Hall–Kier alpha value is -0.385. The molecule has 0 aliphatic rings. The van der Waals surface area contributed by atoms with E-state index in [-0.39, 0.29) is 0 Å². The molecule has 1 heterocycles. The number of rotatable bonds is 1. The second-order valence-corrected chi connectivity index (χ2v) is 2.63. The van der Waals surface area contributed by atoms with Gasteiger partial charge in [0.15, 0.2) is 0 Å². The highest BCUT2D eigenvalue weighted by Gasteiger charge is 2.13. The van der Waals surface area contributed by atoms with E-state index in [0.29, 0.717) is 9.94 Å². The number of halogens is 1. The number of hydrogen-bond acceptors (Lipinski definition) is 3. The Morgan fingerprint density at radius 3 is 2.60 bits per heavy atom. The van der Waals surface area contributed by atoms with Crippen LogP contribution in [0.4, 0.5) is 0 Å². The van der Waals surface area contributed by atoms with E-state index in [2.05, 4.69) is 20.9 Å². The topological polar surface area (TPSA) is 53.4 Å². The zero-order chi connectivity index (χ0) is 7.56. The summed E-state index contributed by atoms with van der Waals surface area (Å²) in [5.74, 6) is 0. The van der Waals surface area contributed by atoms with Gasteiger partial charge >= 0.3 is 7.12 Å². The van der Waals surface area contributed by atoms with Gasteiger partial charge in [0.1, 0.15) is 0 Å². The zero-order valence-corrected chi connectivity index (χ0v) is 6.62. The molecule has 0 unspecified atom stereocenters. The molecular formula is C5H5BBrNO2. The van der Waals surface area contributed by atoms with E-state index in [1.165, 1.54) is 6.20 Å². The summed E-state index contributed by atoms with van der Waals surface area (Å²) >= 11 is 3.14. The third kappa shape index (κ3) is 1.56. The van der Waals surface area contributed by atoms with Gasteiger partial charge in [0.2, 0.25) is 0 Å². The largest absolute Gasteiger partial charge is 0.491 e. The van der Waals surface area contributed by atoms with Gasteiger partial charge in [-0.05, 0) is 6.07 Å². The van der Waals surface area contributed by atoms with Crippen LogP contribution in [0.3, 0.4) is 0 Å². The summed E-state index contributed by atoms with van der Waals surface area (Å²) in [5, 5.41) is 17.4. The van der Waals surface area contributed by atoms with Crippen molar-refractivity contribution in [2.24, 2.45) is 0 Å². The van der Waals surface area contributed by atoms with Gasteiger partial charge in [0.25, 0.3) is 0 Å². The van der Waals surface area contributed by atoms with Gasteiger partial charge in [0.05, 0.1) is 0 Å². The molecule has 1 aromatic rings. The summed E-state index contributed by atoms with van der Waals surface area (Å²) in [6.07, 6.45) is 2.96. The van der Waals surface area contributed by atoms with Crippen molar-refractivity contribution in [1.82, 2.24) is 4.98 Å². The first-order valence-electron chi connectivity index (χ1n) is 2.67. The van der Waals surface area contributed by atoms with Crippen LogP contribution in [0.25, 0.3) is 0 Å². The quantitative estimate of drug-likeness (QED) is 0.604. The second kappa shape index (κ2) is 3.14. The number of nitrogens with zero attached hydrogens (tertiary/aromatic N) is 1. The normalized spacial score (nSPS) is 9.50. The molecule has 0 aliphatic carbocycles. The Morgan fingerprint density at radius 1 is 1.50 bits per heavy atom. The van der Waals surface area contributed by atoms with Crippen LogP contribution in [0.15, 0.2) is 22.9 Å². The van der Waals surface area contributed by atoms with Crippen molar-refractivity contribution >= 4 is 28.5 Å². The molecule has 3 nitrogen and oxygen atoms in total. The maximum atomic E-state index is 8.69. The van der Waals surface area contributed by atoms with Gasteiger partial charge in [-0.3, -0.25) is 4.98 Å². The molecule has 1 rings (SSSR count). The van der Waals surface area contributed by atoms with Crippen molar-refractivity contribution in [3.05, 3.63) is 22.9 Å². The SMILES string of the molecule is OB(O)c1cnccc1Br. The fourth-order valence-electron chi connectivity index (χ4n) is 0.580. The summed E-state index contributed by atoms with van der Waals surface area (Å²) in [6.45, 7) is 0. The van der Waals surface area contributed by atoms with Crippen molar-refractivity contribution in [1.29, 1.82) is 0 Å². The van der Waals surface area contributed by atoms with E-state index in [9.17, 15) is 0 Å². The van der Waals surface area contributed by atoms with E-state index in [1.807, 2.05) is 0 Å². The predicted octanol–water partition coefficient (Wildman–Crippen LogP) is -0.476. The minimum atomic E-state index is -1.46.